The molecule has 98 valence electrons. The van der Waals surface area contributed by atoms with E-state index < -0.39 is 0 Å². The number of nitrogens with one attached hydrogen (secondary N) is 1. The Balaban J connectivity index is 1.71. The minimum absolute atomic E-state index is 0.812. The van der Waals surface area contributed by atoms with E-state index in [2.05, 4.69) is 45.0 Å². The van der Waals surface area contributed by atoms with Crippen LogP contribution in [0, 0.1) is 0 Å². The lowest BCUT2D eigenvalue weighted by molar-refractivity contribution is 1.08. The van der Waals surface area contributed by atoms with E-state index in [1.807, 2.05) is 6.20 Å². The Bertz CT molecular complexity index is 843. The summed E-state index contributed by atoms with van der Waals surface area (Å²) >= 11 is 3.47. The van der Waals surface area contributed by atoms with Crippen LogP contribution in [0.4, 0.5) is 0 Å². The van der Waals surface area contributed by atoms with Crippen LogP contribution in [0.5, 0.6) is 0 Å². The van der Waals surface area contributed by atoms with Crippen molar-refractivity contribution < 1.29 is 0 Å². The highest BCUT2D eigenvalue weighted by Crippen LogP contribution is 2.34. The zero-order chi connectivity index (χ0) is 13.4. The first-order valence-electron chi connectivity index (χ1n) is 6.28. The predicted molar refractivity (Wildman–Crippen MR) is 84.3 cm³/mol. The lowest BCUT2D eigenvalue weighted by Crippen LogP contribution is -1.87. The molecule has 3 heterocycles. The van der Waals surface area contributed by atoms with E-state index in [1.54, 1.807) is 29.0 Å². The maximum atomic E-state index is 4.76. The lowest BCUT2D eigenvalue weighted by atomic mass is 10.1. The number of aromatic nitrogens is 3. The monoisotopic (exact) mass is 297 g/mol. The highest BCUT2D eigenvalue weighted by atomic mass is 32.1. The molecule has 0 unspecified atom stereocenters. The van der Waals surface area contributed by atoms with Crippen LogP contribution in [-0.4, -0.2) is 15.0 Å². The van der Waals surface area contributed by atoms with Gasteiger partial charge in [0.25, 0.3) is 0 Å². The second kappa shape index (κ2) is 4.85. The highest BCUT2D eigenvalue weighted by molar-refractivity contribution is 7.17. The third kappa shape index (κ3) is 2.05. The van der Waals surface area contributed by atoms with Crippen molar-refractivity contribution in [2.45, 2.75) is 6.42 Å². The summed E-state index contributed by atoms with van der Waals surface area (Å²) in [4.78, 5) is 11.9. The number of fused-ring (bicyclic) bond motifs is 1. The first-order chi connectivity index (χ1) is 9.90. The van der Waals surface area contributed by atoms with Gasteiger partial charge in [-0.15, -0.1) is 22.7 Å². The summed E-state index contributed by atoms with van der Waals surface area (Å²) in [5.74, 6) is 0. The Morgan fingerprint density at radius 3 is 2.95 bits per heavy atom. The largest absolute Gasteiger partial charge is 0.348 e. The molecular weight excluding hydrogens is 286 g/mol. The molecule has 4 aromatic rings. The fourth-order valence-electron chi connectivity index (χ4n) is 2.24. The average Bonchev–Trinajstić information content (AvgIpc) is 3.18. The molecule has 0 bridgehead atoms. The summed E-state index contributed by atoms with van der Waals surface area (Å²) in [5.41, 5.74) is 3.40. The Kier molecular flexibility index (Phi) is 2.86. The third-order valence-electron chi connectivity index (χ3n) is 3.21. The summed E-state index contributed by atoms with van der Waals surface area (Å²) in [7, 11) is 0. The molecule has 0 aliphatic rings. The molecule has 0 radical (unpaired) electrons. The highest BCUT2D eigenvalue weighted by Gasteiger charge is 2.10. The first-order valence-corrected chi connectivity index (χ1v) is 8.04. The van der Waals surface area contributed by atoms with E-state index >= 15 is 0 Å². The van der Waals surface area contributed by atoms with Crippen LogP contribution in [0.3, 0.4) is 0 Å². The quantitative estimate of drug-likeness (QED) is 0.611. The van der Waals surface area contributed by atoms with Crippen molar-refractivity contribution in [1.82, 2.24) is 15.0 Å². The van der Waals surface area contributed by atoms with Gasteiger partial charge in [-0.2, -0.15) is 0 Å². The molecule has 0 amide bonds. The SMILES string of the molecule is c1ccc2c(-c3csc(Cc4cnc[nH]4)n3)csc2c1. The van der Waals surface area contributed by atoms with Gasteiger partial charge in [0.2, 0.25) is 0 Å². The molecule has 0 saturated heterocycles. The minimum Gasteiger partial charge on any atom is -0.348 e. The Morgan fingerprint density at radius 2 is 2.05 bits per heavy atom. The molecular formula is C15H11N3S2. The van der Waals surface area contributed by atoms with Crippen molar-refractivity contribution in [1.29, 1.82) is 0 Å². The summed E-state index contributed by atoms with van der Waals surface area (Å²) in [6.07, 6.45) is 4.37. The maximum Gasteiger partial charge on any atom is 0.0992 e. The molecule has 0 spiro atoms. The summed E-state index contributed by atoms with van der Waals surface area (Å²) in [5, 5.41) is 6.73. The number of imidazole rings is 1. The van der Waals surface area contributed by atoms with E-state index in [0.717, 1.165) is 22.8 Å². The Morgan fingerprint density at radius 1 is 1.10 bits per heavy atom. The number of thiophene rings is 1. The van der Waals surface area contributed by atoms with Crippen LogP contribution in [0.1, 0.15) is 10.7 Å². The van der Waals surface area contributed by atoms with Crippen LogP contribution < -0.4 is 0 Å². The average molecular weight is 297 g/mol. The predicted octanol–water partition coefficient (Wildman–Crippen LogP) is 4.34. The van der Waals surface area contributed by atoms with Gasteiger partial charge < -0.3 is 4.98 Å². The van der Waals surface area contributed by atoms with Crippen molar-refractivity contribution in [2.24, 2.45) is 0 Å². The van der Waals surface area contributed by atoms with E-state index in [4.69, 9.17) is 4.98 Å². The zero-order valence-corrected chi connectivity index (χ0v) is 12.2. The molecule has 0 fully saturated rings. The molecule has 0 aliphatic heterocycles. The number of nitrogens with zero attached hydrogens (tertiary/aromatic N) is 2. The number of benzene rings is 1. The van der Waals surface area contributed by atoms with Gasteiger partial charge >= 0.3 is 0 Å². The molecule has 3 aromatic heterocycles. The smallest absolute Gasteiger partial charge is 0.0992 e. The van der Waals surface area contributed by atoms with Gasteiger partial charge in [-0.3, -0.25) is 0 Å². The number of rotatable bonds is 3. The minimum atomic E-state index is 0.812. The number of hydrogen-bond acceptors (Lipinski definition) is 4. The van der Waals surface area contributed by atoms with Gasteiger partial charge in [-0.25, -0.2) is 9.97 Å². The molecule has 1 aromatic carbocycles. The summed E-state index contributed by atoms with van der Waals surface area (Å²) < 4.78 is 1.31. The second-order valence-corrected chi connectivity index (χ2v) is 6.38. The van der Waals surface area contributed by atoms with E-state index in [0.29, 0.717) is 0 Å². The summed E-state index contributed by atoms with van der Waals surface area (Å²) in [6.45, 7) is 0. The maximum absolute atomic E-state index is 4.76. The molecule has 5 heteroatoms. The molecule has 0 atom stereocenters. The van der Waals surface area contributed by atoms with Gasteiger partial charge in [0.05, 0.1) is 17.0 Å². The standard InChI is InChI=1S/C15H11N3S2/c1-2-4-14-11(3-1)12(7-19-14)13-8-20-15(18-13)5-10-6-16-9-17-10/h1-4,6-9H,5H2,(H,16,17). The number of hydrogen-bond donors (Lipinski definition) is 1. The molecule has 3 nitrogen and oxygen atoms in total. The van der Waals surface area contributed by atoms with Crippen molar-refractivity contribution in [2.75, 3.05) is 0 Å². The van der Waals surface area contributed by atoms with Crippen molar-refractivity contribution in [3.8, 4) is 11.3 Å². The van der Waals surface area contributed by atoms with Gasteiger partial charge in [-0.1, -0.05) is 18.2 Å². The Hall–Kier alpha value is -1.98. The Labute approximate surface area is 124 Å². The fourth-order valence-corrected chi connectivity index (χ4v) is 4.01. The van der Waals surface area contributed by atoms with Crippen LogP contribution in [0.15, 0.2) is 47.5 Å². The first kappa shape index (κ1) is 11.8. The van der Waals surface area contributed by atoms with Gasteiger partial charge in [0.1, 0.15) is 0 Å². The lowest BCUT2D eigenvalue weighted by Gasteiger charge is -1.94. The number of H-pyrrole nitrogens is 1. The van der Waals surface area contributed by atoms with Crippen LogP contribution >= 0.6 is 22.7 Å². The van der Waals surface area contributed by atoms with E-state index in [9.17, 15) is 0 Å². The third-order valence-corrected chi connectivity index (χ3v) is 5.02. The molecule has 0 saturated carbocycles. The van der Waals surface area contributed by atoms with Crippen molar-refractivity contribution in [3.63, 3.8) is 0 Å². The van der Waals surface area contributed by atoms with Crippen molar-refractivity contribution in [3.05, 3.63) is 58.3 Å². The molecule has 0 aliphatic carbocycles. The van der Waals surface area contributed by atoms with Gasteiger partial charge in [0, 0.05) is 44.7 Å². The van der Waals surface area contributed by atoms with Crippen LogP contribution in [0.2, 0.25) is 0 Å². The topological polar surface area (TPSA) is 41.6 Å². The van der Waals surface area contributed by atoms with Gasteiger partial charge in [-0.05, 0) is 6.07 Å². The molecule has 4 rings (SSSR count). The zero-order valence-electron chi connectivity index (χ0n) is 10.5. The van der Waals surface area contributed by atoms with E-state index in [1.165, 1.54) is 15.6 Å². The number of thiazole rings is 1. The second-order valence-electron chi connectivity index (χ2n) is 4.53. The van der Waals surface area contributed by atoms with Crippen molar-refractivity contribution >= 4 is 32.8 Å². The fraction of sp³-hybridized carbons (Fsp3) is 0.0667. The van der Waals surface area contributed by atoms with E-state index in [-0.39, 0.29) is 0 Å². The number of aromatic amines is 1. The van der Waals surface area contributed by atoms with Crippen LogP contribution in [-0.2, 0) is 6.42 Å². The molecule has 20 heavy (non-hydrogen) atoms. The van der Waals surface area contributed by atoms with Gasteiger partial charge in [0.15, 0.2) is 0 Å². The summed E-state index contributed by atoms with van der Waals surface area (Å²) in [6, 6.07) is 8.47. The van der Waals surface area contributed by atoms with Crippen LogP contribution in [0.25, 0.3) is 21.3 Å². The normalized spacial score (nSPS) is 11.2. The molecule has 1 N–H and O–H groups in total.